The number of amides is 1. The molecule has 1 aliphatic heterocycles. The van der Waals surface area contributed by atoms with Crippen molar-refractivity contribution in [2.45, 2.75) is 26.3 Å². The summed E-state index contributed by atoms with van der Waals surface area (Å²) in [5, 5.41) is 7.13. The third kappa shape index (κ3) is 4.64. The minimum Gasteiger partial charge on any atom is -0.467 e. The average molecular weight is 444 g/mol. The molecule has 0 aliphatic carbocycles. The van der Waals surface area contributed by atoms with Crippen molar-refractivity contribution in [1.29, 1.82) is 0 Å². The molecular weight excluding hydrogens is 418 g/mol. The van der Waals surface area contributed by atoms with Crippen LogP contribution < -0.4 is 10.2 Å². The number of piperidine rings is 1. The first-order chi connectivity index (χ1) is 16.2. The highest BCUT2D eigenvalue weighted by molar-refractivity contribution is 5.79. The number of carbonyl (C=O) groups is 1. The third-order valence-corrected chi connectivity index (χ3v) is 5.94. The summed E-state index contributed by atoms with van der Waals surface area (Å²) >= 11 is 0. The number of nitrogens with one attached hydrogen (secondary N) is 1. The zero-order valence-electron chi connectivity index (χ0n) is 18.4. The summed E-state index contributed by atoms with van der Waals surface area (Å²) in [4.78, 5) is 24.0. The number of aromatic nitrogens is 3. The first-order valence-corrected chi connectivity index (χ1v) is 11.1. The second kappa shape index (κ2) is 9.28. The van der Waals surface area contributed by atoms with Gasteiger partial charge in [0.15, 0.2) is 0 Å². The Morgan fingerprint density at radius 1 is 1.12 bits per heavy atom. The number of pyridine rings is 1. The minimum absolute atomic E-state index is 0.0279. The first kappa shape index (κ1) is 20.9. The van der Waals surface area contributed by atoms with E-state index in [1.54, 1.807) is 12.5 Å². The summed E-state index contributed by atoms with van der Waals surface area (Å²) < 4.78 is 10.9. The van der Waals surface area contributed by atoms with Gasteiger partial charge in [-0.15, -0.1) is 0 Å². The van der Waals surface area contributed by atoms with Gasteiger partial charge in [0, 0.05) is 30.8 Å². The molecule has 0 saturated carbocycles. The number of hydrogen-bond donors (Lipinski definition) is 1. The number of carbonyl (C=O) groups excluding carboxylic acids is 1. The zero-order valence-corrected chi connectivity index (χ0v) is 18.4. The van der Waals surface area contributed by atoms with Crippen LogP contribution in [0.25, 0.3) is 22.8 Å². The standard InChI is InChI=1S/C25H25N5O3/c1-17-6-8-18(9-7-17)22-28-25(33-29-22)21-5-2-12-26-23(21)30-13-10-19(11-14-30)24(31)27-16-20-4-3-15-32-20/h2-9,12,15,19H,10-11,13-14,16H2,1H3,(H,27,31). The summed E-state index contributed by atoms with van der Waals surface area (Å²) in [7, 11) is 0. The van der Waals surface area contributed by atoms with Crippen LogP contribution in [0.3, 0.4) is 0 Å². The Balaban J connectivity index is 1.26. The molecule has 1 fully saturated rings. The van der Waals surface area contributed by atoms with Crippen molar-refractivity contribution in [1.82, 2.24) is 20.4 Å². The van der Waals surface area contributed by atoms with Crippen molar-refractivity contribution in [3.63, 3.8) is 0 Å². The highest BCUT2D eigenvalue weighted by Gasteiger charge is 2.28. The van der Waals surface area contributed by atoms with Crippen molar-refractivity contribution in [3.8, 4) is 22.8 Å². The summed E-state index contributed by atoms with van der Waals surface area (Å²) in [5.74, 6) is 2.57. The van der Waals surface area contributed by atoms with Crippen LogP contribution in [0.2, 0.25) is 0 Å². The molecule has 33 heavy (non-hydrogen) atoms. The van der Waals surface area contributed by atoms with Crippen LogP contribution in [0.4, 0.5) is 5.82 Å². The lowest BCUT2D eigenvalue weighted by Crippen LogP contribution is -2.40. The summed E-state index contributed by atoms with van der Waals surface area (Å²) in [6.07, 6.45) is 4.87. The maximum absolute atomic E-state index is 12.6. The molecule has 0 spiro atoms. The van der Waals surface area contributed by atoms with Crippen molar-refractivity contribution < 1.29 is 13.7 Å². The molecule has 0 bridgehead atoms. The molecular formula is C25H25N5O3. The molecule has 1 saturated heterocycles. The van der Waals surface area contributed by atoms with Crippen molar-refractivity contribution in [3.05, 3.63) is 72.3 Å². The van der Waals surface area contributed by atoms with Crippen molar-refractivity contribution >= 4 is 11.7 Å². The van der Waals surface area contributed by atoms with E-state index in [-0.39, 0.29) is 11.8 Å². The van der Waals surface area contributed by atoms with Crippen LogP contribution in [0.5, 0.6) is 0 Å². The number of benzene rings is 1. The molecule has 1 amide bonds. The Bertz CT molecular complexity index is 1210. The van der Waals surface area contributed by atoms with E-state index in [0.717, 1.165) is 48.6 Å². The Morgan fingerprint density at radius 3 is 2.70 bits per heavy atom. The number of furan rings is 1. The van der Waals surface area contributed by atoms with Crippen LogP contribution in [-0.4, -0.2) is 34.1 Å². The summed E-state index contributed by atoms with van der Waals surface area (Å²) in [6, 6.07) is 15.5. The number of anilines is 1. The molecule has 4 heterocycles. The second-order valence-corrected chi connectivity index (χ2v) is 8.22. The van der Waals surface area contributed by atoms with Gasteiger partial charge in [-0.2, -0.15) is 4.98 Å². The molecule has 8 heteroatoms. The predicted octanol–water partition coefficient (Wildman–Crippen LogP) is 4.23. The second-order valence-electron chi connectivity index (χ2n) is 8.22. The molecule has 1 aromatic carbocycles. The molecule has 8 nitrogen and oxygen atoms in total. The van der Waals surface area contributed by atoms with E-state index >= 15 is 0 Å². The minimum atomic E-state index is -0.0279. The number of nitrogens with zero attached hydrogens (tertiary/aromatic N) is 4. The molecule has 0 radical (unpaired) electrons. The normalized spacial score (nSPS) is 14.4. The van der Waals surface area contributed by atoms with Crippen LogP contribution in [0.15, 0.2) is 69.9 Å². The van der Waals surface area contributed by atoms with Gasteiger partial charge in [0.1, 0.15) is 11.6 Å². The fourth-order valence-electron chi connectivity index (χ4n) is 4.05. The Hall–Kier alpha value is -3.94. The van der Waals surface area contributed by atoms with E-state index in [9.17, 15) is 4.79 Å². The van der Waals surface area contributed by atoms with Gasteiger partial charge in [0.05, 0.1) is 18.4 Å². The van der Waals surface area contributed by atoms with Gasteiger partial charge in [-0.25, -0.2) is 4.98 Å². The Morgan fingerprint density at radius 2 is 1.94 bits per heavy atom. The summed E-state index contributed by atoms with van der Waals surface area (Å²) in [6.45, 7) is 3.90. The van der Waals surface area contributed by atoms with Gasteiger partial charge in [0.2, 0.25) is 11.7 Å². The first-order valence-electron chi connectivity index (χ1n) is 11.1. The molecule has 0 atom stereocenters. The SMILES string of the molecule is Cc1ccc(-c2noc(-c3cccnc3N3CCC(C(=O)NCc4ccco4)CC3)n2)cc1. The van der Waals surface area contributed by atoms with E-state index in [1.807, 2.05) is 55.5 Å². The maximum atomic E-state index is 12.6. The highest BCUT2D eigenvalue weighted by Crippen LogP contribution is 2.32. The quantitative estimate of drug-likeness (QED) is 0.476. The van der Waals surface area contributed by atoms with Crippen molar-refractivity contribution in [2.75, 3.05) is 18.0 Å². The lowest BCUT2D eigenvalue weighted by atomic mass is 9.95. The molecule has 3 aromatic heterocycles. The van der Waals surface area contributed by atoms with Gasteiger partial charge < -0.3 is 19.2 Å². The monoisotopic (exact) mass is 443 g/mol. The van der Waals surface area contributed by atoms with Gasteiger partial charge >= 0.3 is 0 Å². The van der Waals surface area contributed by atoms with E-state index in [4.69, 9.17) is 8.94 Å². The van der Waals surface area contributed by atoms with Crippen LogP contribution in [0, 0.1) is 12.8 Å². The van der Waals surface area contributed by atoms with E-state index in [1.165, 1.54) is 5.56 Å². The Labute approximate surface area is 191 Å². The largest absolute Gasteiger partial charge is 0.467 e. The smallest absolute Gasteiger partial charge is 0.261 e. The molecule has 168 valence electrons. The van der Waals surface area contributed by atoms with E-state index in [0.29, 0.717) is 18.3 Å². The zero-order chi connectivity index (χ0) is 22.6. The fourth-order valence-corrected chi connectivity index (χ4v) is 4.05. The Kier molecular flexibility index (Phi) is 5.89. The highest BCUT2D eigenvalue weighted by atomic mass is 16.5. The summed E-state index contributed by atoms with van der Waals surface area (Å²) in [5.41, 5.74) is 2.88. The molecule has 4 aromatic rings. The average Bonchev–Trinajstić information content (AvgIpc) is 3.56. The molecule has 1 N–H and O–H groups in total. The number of rotatable bonds is 6. The molecule has 0 unspecified atom stereocenters. The third-order valence-electron chi connectivity index (χ3n) is 5.94. The van der Waals surface area contributed by atoms with E-state index in [2.05, 4.69) is 25.3 Å². The van der Waals surface area contributed by atoms with Gasteiger partial charge in [-0.05, 0) is 44.0 Å². The lowest BCUT2D eigenvalue weighted by molar-refractivity contribution is -0.125. The van der Waals surface area contributed by atoms with Crippen LogP contribution >= 0.6 is 0 Å². The van der Waals surface area contributed by atoms with E-state index < -0.39 is 0 Å². The molecule has 5 rings (SSSR count). The topological polar surface area (TPSA) is 97.3 Å². The molecule has 1 aliphatic rings. The maximum Gasteiger partial charge on any atom is 0.261 e. The van der Waals surface area contributed by atoms with Crippen LogP contribution in [-0.2, 0) is 11.3 Å². The van der Waals surface area contributed by atoms with Crippen molar-refractivity contribution in [2.24, 2.45) is 5.92 Å². The predicted molar refractivity (Wildman–Crippen MR) is 123 cm³/mol. The van der Waals surface area contributed by atoms with Gasteiger partial charge in [-0.3, -0.25) is 4.79 Å². The van der Waals surface area contributed by atoms with Crippen LogP contribution in [0.1, 0.15) is 24.2 Å². The fraction of sp³-hybridized carbons (Fsp3) is 0.280. The number of hydrogen-bond acceptors (Lipinski definition) is 7. The van der Waals surface area contributed by atoms with Gasteiger partial charge in [0.25, 0.3) is 5.89 Å². The van der Waals surface area contributed by atoms with Gasteiger partial charge in [-0.1, -0.05) is 35.0 Å². The lowest BCUT2D eigenvalue weighted by Gasteiger charge is -2.32. The number of aryl methyl sites for hydroxylation is 1.